The smallest absolute Gasteiger partial charge is 0.254 e. The predicted octanol–water partition coefficient (Wildman–Crippen LogP) is 1.73. The van der Waals surface area contributed by atoms with Crippen LogP contribution in [0.5, 0.6) is 0 Å². The van der Waals surface area contributed by atoms with Crippen molar-refractivity contribution in [1.29, 1.82) is 0 Å². The number of nitrogens with zero attached hydrogens (tertiary/aromatic N) is 5. The van der Waals surface area contributed by atoms with Crippen LogP contribution in [0.2, 0.25) is 0 Å². The molecule has 0 spiro atoms. The zero-order chi connectivity index (χ0) is 17.9. The number of carbonyl (C=O) groups excluding carboxylic acids is 1. The van der Waals surface area contributed by atoms with Gasteiger partial charge in [-0.15, -0.1) is 0 Å². The molecular formula is C19H26N6O. The van der Waals surface area contributed by atoms with Crippen molar-refractivity contribution in [2.75, 3.05) is 19.6 Å². The predicted molar refractivity (Wildman–Crippen MR) is 97.5 cm³/mol. The highest BCUT2D eigenvalue weighted by Crippen LogP contribution is 2.37. The molecule has 0 atom stereocenters. The first-order chi connectivity index (χ1) is 12.7. The summed E-state index contributed by atoms with van der Waals surface area (Å²) in [5.41, 5.74) is 1.82. The number of nitrogens with one attached hydrogen (secondary N) is 1. The lowest BCUT2D eigenvalue weighted by molar-refractivity contribution is 0.0934. The molecule has 1 saturated heterocycles. The molecule has 7 heteroatoms. The molecule has 0 bridgehead atoms. The van der Waals surface area contributed by atoms with Gasteiger partial charge in [0.15, 0.2) is 0 Å². The van der Waals surface area contributed by atoms with Crippen LogP contribution >= 0.6 is 0 Å². The fraction of sp³-hybridized carbons (Fsp3) is 0.579. The normalized spacial score (nSPS) is 18.8. The largest absolute Gasteiger partial charge is 0.352 e. The summed E-state index contributed by atoms with van der Waals surface area (Å²) in [4.78, 5) is 23.4. The molecule has 26 heavy (non-hydrogen) atoms. The average Bonchev–Trinajstić information content (AvgIpc) is 3.44. The van der Waals surface area contributed by atoms with Crippen LogP contribution in [0.3, 0.4) is 0 Å². The molecule has 1 N–H and O–H groups in total. The Labute approximate surface area is 153 Å². The molecule has 2 aliphatic rings. The highest BCUT2D eigenvalue weighted by Gasteiger charge is 2.26. The molecule has 0 aromatic carbocycles. The number of hydrogen-bond donors (Lipinski definition) is 1. The lowest BCUT2D eigenvalue weighted by Gasteiger charge is -2.31. The quantitative estimate of drug-likeness (QED) is 0.855. The summed E-state index contributed by atoms with van der Waals surface area (Å²) < 4.78 is 1.85. The maximum Gasteiger partial charge on any atom is 0.254 e. The van der Waals surface area contributed by atoms with Gasteiger partial charge in [-0.05, 0) is 44.7 Å². The number of amides is 1. The molecule has 7 nitrogen and oxygen atoms in total. The summed E-state index contributed by atoms with van der Waals surface area (Å²) in [6, 6.07) is 0. The monoisotopic (exact) mass is 354 g/mol. The Morgan fingerprint density at radius 1 is 1.15 bits per heavy atom. The van der Waals surface area contributed by atoms with Crippen molar-refractivity contribution in [3.63, 3.8) is 0 Å². The Kier molecular flexibility index (Phi) is 4.97. The summed E-state index contributed by atoms with van der Waals surface area (Å²) >= 11 is 0. The third kappa shape index (κ3) is 4.27. The number of carbonyl (C=O) groups is 1. The van der Waals surface area contributed by atoms with E-state index >= 15 is 0 Å². The molecule has 2 aromatic rings. The molecule has 0 radical (unpaired) electrons. The molecule has 0 unspecified atom stereocenters. The first kappa shape index (κ1) is 17.1. The van der Waals surface area contributed by atoms with Crippen molar-refractivity contribution in [1.82, 2.24) is 30.0 Å². The SMILES string of the molecule is Cn1cc(CN2CCC(CNC(=O)c3cnc(C4CC4)nc3)CC2)cn1. The van der Waals surface area contributed by atoms with Crippen LogP contribution in [-0.4, -0.2) is 50.2 Å². The molecule has 1 saturated carbocycles. The van der Waals surface area contributed by atoms with E-state index in [1.54, 1.807) is 12.4 Å². The second-order valence-corrected chi connectivity index (χ2v) is 7.56. The minimum absolute atomic E-state index is 0.0647. The summed E-state index contributed by atoms with van der Waals surface area (Å²) in [6.07, 6.45) is 11.9. The van der Waals surface area contributed by atoms with Crippen LogP contribution in [0, 0.1) is 5.92 Å². The summed E-state index contributed by atoms with van der Waals surface area (Å²) in [6.45, 7) is 3.81. The van der Waals surface area contributed by atoms with Crippen molar-refractivity contribution in [2.24, 2.45) is 13.0 Å². The summed E-state index contributed by atoms with van der Waals surface area (Å²) in [5, 5.41) is 7.28. The second kappa shape index (κ2) is 7.53. The van der Waals surface area contributed by atoms with E-state index in [-0.39, 0.29) is 5.91 Å². The number of aromatic nitrogens is 4. The zero-order valence-electron chi connectivity index (χ0n) is 15.3. The van der Waals surface area contributed by atoms with Gasteiger partial charge in [0.25, 0.3) is 5.91 Å². The standard InChI is InChI=1S/C19H26N6O/c1-24-12-15(9-23-24)13-25-6-4-14(5-7-25)8-22-19(26)17-10-20-18(21-11-17)16-2-3-16/h9-12,14,16H,2-8,13H2,1H3,(H,22,26). The van der Waals surface area contributed by atoms with Crippen LogP contribution in [0.15, 0.2) is 24.8 Å². The van der Waals surface area contributed by atoms with Gasteiger partial charge in [-0.3, -0.25) is 14.4 Å². The lowest BCUT2D eigenvalue weighted by atomic mass is 9.96. The van der Waals surface area contributed by atoms with Gasteiger partial charge in [-0.1, -0.05) is 0 Å². The number of rotatable bonds is 6. The topological polar surface area (TPSA) is 75.9 Å². The van der Waals surface area contributed by atoms with Gasteiger partial charge in [0.2, 0.25) is 0 Å². The Balaban J connectivity index is 1.20. The average molecular weight is 354 g/mol. The zero-order valence-corrected chi connectivity index (χ0v) is 15.3. The highest BCUT2D eigenvalue weighted by atomic mass is 16.1. The Hall–Kier alpha value is -2.28. The molecule has 138 valence electrons. The number of aryl methyl sites for hydroxylation is 1. The molecule has 3 heterocycles. The first-order valence-electron chi connectivity index (χ1n) is 9.47. The van der Waals surface area contributed by atoms with Crippen molar-refractivity contribution in [3.05, 3.63) is 41.7 Å². The molecule has 4 rings (SSSR count). The van der Waals surface area contributed by atoms with E-state index in [2.05, 4.69) is 31.5 Å². The number of likely N-dealkylation sites (tertiary alicyclic amines) is 1. The second-order valence-electron chi connectivity index (χ2n) is 7.56. The molecule has 2 fully saturated rings. The van der Waals surface area contributed by atoms with Crippen molar-refractivity contribution >= 4 is 5.91 Å². The molecule has 1 aliphatic carbocycles. The van der Waals surface area contributed by atoms with E-state index in [0.717, 1.165) is 44.8 Å². The van der Waals surface area contributed by atoms with E-state index in [1.165, 1.54) is 18.4 Å². The molecule has 1 aliphatic heterocycles. The Morgan fingerprint density at radius 3 is 2.50 bits per heavy atom. The van der Waals surface area contributed by atoms with Crippen LogP contribution in [0.1, 0.15) is 53.3 Å². The lowest BCUT2D eigenvalue weighted by Crippen LogP contribution is -2.38. The van der Waals surface area contributed by atoms with E-state index in [9.17, 15) is 4.79 Å². The fourth-order valence-electron chi connectivity index (χ4n) is 3.51. The minimum Gasteiger partial charge on any atom is -0.352 e. The Morgan fingerprint density at radius 2 is 1.88 bits per heavy atom. The van der Waals surface area contributed by atoms with E-state index in [0.29, 0.717) is 17.4 Å². The molecule has 2 aromatic heterocycles. The van der Waals surface area contributed by atoms with Crippen LogP contribution < -0.4 is 5.32 Å². The number of hydrogen-bond acceptors (Lipinski definition) is 5. The summed E-state index contributed by atoms with van der Waals surface area (Å²) in [7, 11) is 1.95. The van der Waals surface area contributed by atoms with Crippen LogP contribution in [0.4, 0.5) is 0 Å². The Bertz CT molecular complexity index is 744. The third-order valence-electron chi connectivity index (χ3n) is 5.30. The molecule has 1 amide bonds. The first-order valence-corrected chi connectivity index (χ1v) is 9.47. The van der Waals surface area contributed by atoms with Gasteiger partial charge in [-0.2, -0.15) is 5.10 Å². The maximum atomic E-state index is 12.3. The third-order valence-corrected chi connectivity index (χ3v) is 5.30. The van der Waals surface area contributed by atoms with Crippen molar-refractivity contribution in [3.8, 4) is 0 Å². The van der Waals surface area contributed by atoms with Gasteiger partial charge in [0.05, 0.1) is 11.8 Å². The van der Waals surface area contributed by atoms with Crippen molar-refractivity contribution in [2.45, 2.75) is 38.1 Å². The van der Waals surface area contributed by atoms with E-state index < -0.39 is 0 Å². The van der Waals surface area contributed by atoms with Crippen LogP contribution in [-0.2, 0) is 13.6 Å². The molecular weight excluding hydrogens is 328 g/mol. The van der Waals surface area contributed by atoms with Gasteiger partial charge in [-0.25, -0.2) is 9.97 Å². The van der Waals surface area contributed by atoms with Gasteiger partial charge in [0.1, 0.15) is 5.82 Å². The number of piperidine rings is 1. The maximum absolute atomic E-state index is 12.3. The van der Waals surface area contributed by atoms with E-state index in [1.807, 2.05) is 17.9 Å². The highest BCUT2D eigenvalue weighted by molar-refractivity contribution is 5.93. The van der Waals surface area contributed by atoms with Crippen LogP contribution in [0.25, 0.3) is 0 Å². The minimum atomic E-state index is -0.0647. The van der Waals surface area contributed by atoms with E-state index in [4.69, 9.17) is 0 Å². The van der Waals surface area contributed by atoms with Gasteiger partial charge < -0.3 is 5.32 Å². The van der Waals surface area contributed by atoms with Gasteiger partial charge in [0, 0.05) is 50.2 Å². The van der Waals surface area contributed by atoms with Gasteiger partial charge >= 0.3 is 0 Å². The summed E-state index contributed by atoms with van der Waals surface area (Å²) in [5.74, 6) is 1.87. The van der Waals surface area contributed by atoms with Crippen molar-refractivity contribution < 1.29 is 4.79 Å². The fourth-order valence-corrected chi connectivity index (χ4v) is 3.51.